The van der Waals surface area contributed by atoms with Crippen LogP contribution in [-0.2, 0) is 20.6 Å². The maximum Gasteiger partial charge on any atom is 0.417 e. The maximum absolute atomic E-state index is 12.6. The first-order chi connectivity index (χ1) is 17.6. The van der Waals surface area contributed by atoms with Crippen LogP contribution < -0.4 is 4.74 Å². The first kappa shape index (κ1) is 23.9. The van der Waals surface area contributed by atoms with E-state index in [4.69, 9.17) is 18.9 Å². The number of hydrogen-bond acceptors (Lipinski definition) is 7. The van der Waals surface area contributed by atoms with E-state index in [2.05, 4.69) is 22.0 Å². The number of benzene rings is 1. The third-order valence-electron chi connectivity index (χ3n) is 6.56. The van der Waals surface area contributed by atoms with E-state index in [1.54, 1.807) is 19.6 Å². The standard InChI is InChI=1S/C28H31N3O5/c1-30(13-7-11-20-10-6-12-25-24(20)14-22(33-2)15-29-25)16-23-17-31(28(32)35-23)27-19-34-18-26(36-27)21-8-4-3-5-9-21/h3-4,6,8,10,12,14-15,18-19,23H,5,7,9,11,13,16-17H2,1-2H3/t23-/m0/s1. The summed E-state index contributed by atoms with van der Waals surface area (Å²) in [5.74, 6) is 1.75. The van der Waals surface area contributed by atoms with Crippen molar-refractivity contribution in [3.8, 4) is 5.75 Å². The van der Waals surface area contributed by atoms with Crippen molar-refractivity contribution in [3.63, 3.8) is 0 Å². The van der Waals surface area contributed by atoms with E-state index in [1.165, 1.54) is 16.7 Å². The van der Waals surface area contributed by atoms with E-state index < -0.39 is 6.09 Å². The van der Waals surface area contributed by atoms with E-state index in [9.17, 15) is 4.79 Å². The molecule has 1 amide bonds. The zero-order valence-corrected chi connectivity index (χ0v) is 20.7. The zero-order valence-electron chi connectivity index (χ0n) is 20.7. The first-order valence-electron chi connectivity index (χ1n) is 12.3. The van der Waals surface area contributed by atoms with Gasteiger partial charge < -0.3 is 23.8 Å². The van der Waals surface area contributed by atoms with Crippen LogP contribution in [0.2, 0.25) is 0 Å². The fraction of sp³-hybridized carbons (Fsp3) is 0.357. The summed E-state index contributed by atoms with van der Waals surface area (Å²) in [6, 6.07) is 8.24. The Morgan fingerprint density at radius 2 is 2.19 bits per heavy atom. The minimum atomic E-state index is -0.417. The number of hydrogen-bond donors (Lipinski definition) is 0. The molecule has 0 bridgehead atoms. The Morgan fingerprint density at radius 3 is 3.03 bits per heavy atom. The molecule has 3 heterocycles. The van der Waals surface area contributed by atoms with Gasteiger partial charge in [0.1, 0.15) is 18.1 Å². The summed E-state index contributed by atoms with van der Waals surface area (Å²) < 4.78 is 22.4. The van der Waals surface area contributed by atoms with Gasteiger partial charge in [0.2, 0.25) is 5.88 Å². The number of ether oxygens (including phenoxy) is 4. The van der Waals surface area contributed by atoms with E-state index in [1.807, 2.05) is 37.4 Å². The van der Waals surface area contributed by atoms with Crippen LogP contribution in [0.15, 0.2) is 78.4 Å². The third-order valence-corrected chi connectivity index (χ3v) is 6.56. The Morgan fingerprint density at radius 1 is 1.28 bits per heavy atom. The molecule has 0 spiro atoms. The highest BCUT2D eigenvalue weighted by Gasteiger charge is 2.36. The highest BCUT2D eigenvalue weighted by molar-refractivity contribution is 5.83. The van der Waals surface area contributed by atoms with E-state index in [0.29, 0.717) is 24.7 Å². The molecule has 5 rings (SSSR count). The largest absolute Gasteiger partial charge is 0.495 e. The smallest absolute Gasteiger partial charge is 0.417 e. The van der Waals surface area contributed by atoms with E-state index in [-0.39, 0.29) is 6.10 Å². The average Bonchev–Trinajstić information content (AvgIpc) is 3.28. The quantitative estimate of drug-likeness (QED) is 0.496. The molecule has 0 radical (unpaired) electrons. The molecule has 8 heteroatoms. The molecule has 1 aliphatic carbocycles. The molecule has 1 fully saturated rings. The van der Waals surface area contributed by atoms with Crippen LogP contribution in [0.1, 0.15) is 24.8 Å². The number of carbonyl (C=O) groups excluding carboxylic acids is 1. The summed E-state index contributed by atoms with van der Waals surface area (Å²) in [6.45, 7) is 1.93. The Labute approximate surface area is 211 Å². The summed E-state index contributed by atoms with van der Waals surface area (Å²) >= 11 is 0. The topological polar surface area (TPSA) is 73.4 Å². The number of pyridine rings is 1. The summed E-state index contributed by atoms with van der Waals surface area (Å²) in [5.41, 5.74) is 3.27. The van der Waals surface area contributed by atoms with Gasteiger partial charge in [0.15, 0.2) is 12.0 Å². The number of amides is 1. The molecule has 36 heavy (non-hydrogen) atoms. The molecule has 1 atom stereocenters. The minimum Gasteiger partial charge on any atom is -0.495 e. The Balaban J connectivity index is 1.12. The molecule has 1 saturated heterocycles. The second-order valence-electron chi connectivity index (χ2n) is 9.18. The van der Waals surface area contributed by atoms with Gasteiger partial charge in [0.25, 0.3) is 0 Å². The number of aromatic nitrogens is 1. The minimum absolute atomic E-state index is 0.246. The van der Waals surface area contributed by atoms with Gasteiger partial charge >= 0.3 is 6.09 Å². The fourth-order valence-corrected chi connectivity index (χ4v) is 4.68. The van der Waals surface area contributed by atoms with Crippen molar-refractivity contribution in [2.24, 2.45) is 0 Å². The van der Waals surface area contributed by atoms with Crippen LogP contribution in [0.25, 0.3) is 10.9 Å². The van der Waals surface area contributed by atoms with Crippen molar-refractivity contribution in [1.82, 2.24) is 14.8 Å². The van der Waals surface area contributed by atoms with Crippen LogP contribution in [0.3, 0.4) is 0 Å². The first-order valence-corrected chi connectivity index (χ1v) is 12.3. The van der Waals surface area contributed by atoms with Gasteiger partial charge in [-0.25, -0.2) is 9.69 Å². The number of allylic oxidation sites excluding steroid dienone is 4. The van der Waals surface area contributed by atoms with Crippen molar-refractivity contribution in [1.29, 1.82) is 0 Å². The lowest BCUT2D eigenvalue weighted by molar-refractivity contribution is 0.108. The van der Waals surface area contributed by atoms with Crippen LogP contribution >= 0.6 is 0 Å². The van der Waals surface area contributed by atoms with Crippen molar-refractivity contribution in [3.05, 3.63) is 84.0 Å². The van der Waals surface area contributed by atoms with Gasteiger partial charge in [-0.3, -0.25) is 4.98 Å². The number of rotatable bonds is 9. The highest BCUT2D eigenvalue weighted by Crippen LogP contribution is 2.29. The second-order valence-corrected chi connectivity index (χ2v) is 9.18. The molecule has 1 aromatic carbocycles. The molecule has 0 saturated carbocycles. The number of carbonyl (C=O) groups is 1. The number of likely N-dealkylation sites (N-methyl/N-ethyl adjacent to an activating group) is 1. The zero-order chi connectivity index (χ0) is 24.9. The van der Waals surface area contributed by atoms with Crippen LogP contribution in [0, 0.1) is 0 Å². The normalized spacial score (nSPS) is 19.4. The second kappa shape index (κ2) is 10.9. The number of nitrogens with zero attached hydrogens (tertiary/aromatic N) is 3. The van der Waals surface area contributed by atoms with E-state index in [0.717, 1.165) is 54.5 Å². The molecular formula is C28H31N3O5. The molecule has 1 aromatic heterocycles. The fourth-order valence-electron chi connectivity index (χ4n) is 4.68. The van der Waals surface area contributed by atoms with Crippen molar-refractivity contribution in [2.75, 3.05) is 33.8 Å². The van der Waals surface area contributed by atoms with Gasteiger partial charge in [-0.1, -0.05) is 30.4 Å². The molecular weight excluding hydrogens is 458 g/mol. The van der Waals surface area contributed by atoms with E-state index >= 15 is 0 Å². The lowest BCUT2D eigenvalue weighted by atomic mass is 10.0. The van der Waals surface area contributed by atoms with Crippen LogP contribution in [0.4, 0.5) is 4.79 Å². The highest BCUT2D eigenvalue weighted by atomic mass is 16.6. The number of aryl methyl sites for hydroxylation is 1. The summed E-state index contributed by atoms with van der Waals surface area (Å²) in [7, 11) is 3.70. The molecule has 2 aromatic rings. The van der Waals surface area contributed by atoms with Crippen LogP contribution in [0.5, 0.6) is 5.75 Å². The molecule has 0 unspecified atom stereocenters. The van der Waals surface area contributed by atoms with Gasteiger partial charge in [-0.05, 0) is 62.5 Å². The van der Waals surface area contributed by atoms with Crippen molar-refractivity contribution in [2.45, 2.75) is 31.8 Å². The lowest BCUT2D eigenvalue weighted by Crippen LogP contribution is -2.33. The predicted octanol–water partition coefficient (Wildman–Crippen LogP) is 4.89. The monoisotopic (exact) mass is 489 g/mol. The molecule has 3 aliphatic rings. The number of cyclic esters (lactones) is 1. The molecule has 8 nitrogen and oxygen atoms in total. The molecule has 2 aliphatic heterocycles. The average molecular weight is 490 g/mol. The van der Waals surface area contributed by atoms with Gasteiger partial charge in [0, 0.05) is 11.9 Å². The Bertz CT molecular complexity index is 1250. The molecule has 0 N–H and O–H groups in total. The SMILES string of the molecule is COc1cnc2cccc(CCCN(C)C[C@H]3CN(C4=COC=C(C5=CC=CCC5)O4)C(=O)O3)c2c1. The van der Waals surface area contributed by atoms with Gasteiger partial charge in [0.05, 0.1) is 25.4 Å². The van der Waals surface area contributed by atoms with Crippen LogP contribution in [-0.4, -0.2) is 60.8 Å². The lowest BCUT2D eigenvalue weighted by Gasteiger charge is -2.23. The third kappa shape index (κ3) is 5.39. The van der Waals surface area contributed by atoms with Crippen molar-refractivity contribution >= 4 is 17.0 Å². The number of methoxy groups -OCH3 is 1. The Kier molecular flexibility index (Phi) is 7.23. The molecule has 188 valence electrons. The summed E-state index contributed by atoms with van der Waals surface area (Å²) in [4.78, 5) is 20.8. The van der Waals surface area contributed by atoms with Gasteiger partial charge in [-0.2, -0.15) is 0 Å². The van der Waals surface area contributed by atoms with Gasteiger partial charge in [-0.15, -0.1) is 0 Å². The maximum atomic E-state index is 12.6. The summed E-state index contributed by atoms with van der Waals surface area (Å²) in [5, 5.41) is 1.12. The number of fused-ring (bicyclic) bond motifs is 1. The Hall–Kier alpha value is -3.78. The predicted molar refractivity (Wildman–Crippen MR) is 136 cm³/mol. The summed E-state index contributed by atoms with van der Waals surface area (Å²) in [6.07, 6.45) is 13.9. The van der Waals surface area contributed by atoms with Crippen molar-refractivity contribution < 1.29 is 23.7 Å².